The summed E-state index contributed by atoms with van der Waals surface area (Å²) in [6.07, 6.45) is 1.81. The number of hydrogen-bond acceptors (Lipinski definition) is 5. The van der Waals surface area contributed by atoms with E-state index in [-0.39, 0.29) is 32.5 Å². The number of sulfone groups is 1. The Morgan fingerprint density at radius 1 is 0.872 bits per heavy atom. The van der Waals surface area contributed by atoms with Crippen LogP contribution in [0.5, 0.6) is 0 Å². The first-order valence-corrected chi connectivity index (χ1v) is 14.7. The number of para-hydroxylation sites is 1. The fourth-order valence-electron chi connectivity index (χ4n) is 4.55. The second-order valence-electron chi connectivity index (χ2n) is 9.58. The van der Waals surface area contributed by atoms with Crippen molar-refractivity contribution in [3.8, 4) is 0 Å². The van der Waals surface area contributed by atoms with Crippen LogP contribution in [0.25, 0.3) is 10.9 Å². The van der Waals surface area contributed by atoms with Crippen LogP contribution in [0.4, 0.5) is 0 Å². The summed E-state index contributed by atoms with van der Waals surface area (Å²) in [6.45, 7) is 4.78. The molecule has 0 atom stereocenters. The third-order valence-corrected chi connectivity index (χ3v) is 8.43. The van der Waals surface area contributed by atoms with E-state index in [1.807, 2.05) is 79.2 Å². The normalized spacial score (nSPS) is 11.9. The Morgan fingerprint density at radius 3 is 2.28 bits per heavy atom. The molecular weight excluding hydrogens is 553 g/mol. The van der Waals surface area contributed by atoms with E-state index in [0.717, 1.165) is 22.0 Å². The van der Waals surface area contributed by atoms with Crippen LogP contribution in [-0.4, -0.2) is 23.0 Å². The number of ether oxygens (including phenoxy) is 1. The predicted octanol–water partition coefficient (Wildman–Crippen LogP) is 7.46. The van der Waals surface area contributed by atoms with Gasteiger partial charge >= 0.3 is 0 Å². The molecule has 3 aromatic carbocycles. The Balaban J connectivity index is 1.60. The Morgan fingerprint density at radius 2 is 1.56 bits per heavy atom. The number of hydrogen-bond donors (Lipinski definition) is 0. The first-order chi connectivity index (χ1) is 18.7. The van der Waals surface area contributed by atoms with Crippen molar-refractivity contribution >= 4 is 43.9 Å². The molecule has 0 unspecified atom stereocenters. The maximum atomic E-state index is 13.9. The van der Waals surface area contributed by atoms with Gasteiger partial charge in [0.05, 0.1) is 29.3 Å². The molecule has 0 fully saturated rings. The molecule has 0 saturated carbocycles. The van der Waals surface area contributed by atoms with Gasteiger partial charge in [0, 0.05) is 21.6 Å². The summed E-state index contributed by atoms with van der Waals surface area (Å²) in [5.74, 6) is 0.350. The number of pyridine rings is 1. The summed E-state index contributed by atoms with van der Waals surface area (Å²) in [5.41, 5.74) is 3.41. The SMILES string of the molecule is CC(C)c1c(S(=O)(=O)c2cc(Cl)cc(Cl)c2)nc(COCc2ccccc2)n1Cc1cnc2ccccc2c1. The van der Waals surface area contributed by atoms with E-state index in [9.17, 15) is 8.42 Å². The lowest BCUT2D eigenvalue weighted by Crippen LogP contribution is -2.13. The highest BCUT2D eigenvalue weighted by atomic mass is 35.5. The van der Waals surface area contributed by atoms with Crippen LogP contribution in [0.2, 0.25) is 10.0 Å². The fourth-order valence-corrected chi connectivity index (χ4v) is 6.84. The molecular formula is C30H27Cl2N3O3S. The van der Waals surface area contributed by atoms with Crippen LogP contribution in [0.15, 0.2) is 95.0 Å². The summed E-state index contributed by atoms with van der Waals surface area (Å²) in [4.78, 5) is 9.26. The summed E-state index contributed by atoms with van der Waals surface area (Å²) in [6, 6.07) is 24.0. The lowest BCUT2D eigenvalue weighted by atomic mass is 10.1. The first-order valence-electron chi connectivity index (χ1n) is 12.5. The Hall–Kier alpha value is -3.23. The zero-order valence-electron chi connectivity index (χ0n) is 21.5. The van der Waals surface area contributed by atoms with Crippen LogP contribution >= 0.6 is 23.2 Å². The highest BCUT2D eigenvalue weighted by Gasteiger charge is 2.31. The summed E-state index contributed by atoms with van der Waals surface area (Å²) in [5, 5.41) is 1.45. The van der Waals surface area contributed by atoms with Crippen LogP contribution in [0.3, 0.4) is 0 Å². The number of benzene rings is 3. The molecule has 39 heavy (non-hydrogen) atoms. The van der Waals surface area contributed by atoms with E-state index < -0.39 is 9.84 Å². The Labute approximate surface area is 238 Å². The number of aromatic nitrogens is 3. The number of halogens is 2. The van der Waals surface area contributed by atoms with E-state index >= 15 is 0 Å². The van der Waals surface area contributed by atoms with Crippen molar-refractivity contribution < 1.29 is 13.2 Å². The number of rotatable bonds is 9. The second kappa shape index (κ2) is 11.5. The summed E-state index contributed by atoms with van der Waals surface area (Å²) >= 11 is 12.3. The van der Waals surface area contributed by atoms with E-state index in [1.54, 1.807) is 0 Å². The summed E-state index contributed by atoms with van der Waals surface area (Å²) < 4.78 is 35.8. The highest BCUT2D eigenvalue weighted by Crippen LogP contribution is 2.33. The third-order valence-electron chi connectivity index (χ3n) is 6.33. The molecule has 0 radical (unpaired) electrons. The number of fused-ring (bicyclic) bond motifs is 1. The minimum Gasteiger partial charge on any atom is -0.369 e. The topological polar surface area (TPSA) is 74.1 Å². The largest absolute Gasteiger partial charge is 0.369 e. The van der Waals surface area contributed by atoms with Gasteiger partial charge in [-0.15, -0.1) is 0 Å². The number of imidazole rings is 1. The number of nitrogens with zero attached hydrogens (tertiary/aromatic N) is 3. The third kappa shape index (κ3) is 6.02. The maximum Gasteiger partial charge on any atom is 0.225 e. The van der Waals surface area contributed by atoms with Crippen molar-refractivity contribution in [1.82, 2.24) is 14.5 Å². The van der Waals surface area contributed by atoms with Crippen molar-refractivity contribution in [1.29, 1.82) is 0 Å². The predicted molar refractivity (Wildman–Crippen MR) is 154 cm³/mol. The van der Waals surface area contributed by atoms with Crippen molar-refractivity contribution in [2.45, 2.75) is 49.4 Å². The minimum absolute atomic E-state index is 0.00400. The van der Waals surface area contributed by atoms with E-state index in [2.05, 4.69) is 16.0 Å². The highest BCUT2D eigenvalue weighted by molar-refractivity contribution is 7.91. The molecule has 5 aromatic rings. The van der Waals surface area contributed by atoms with Gasteiger partial charge in [0.1, 0.15) is 12.4 Å². The molecule has 0 bridgehead atoms. The molecule has 0 spiro atoms. The second-order valence-corrected chi connectivity index (χ2v) is 12.3. The zero-order valence-corrected chi connectivity index (χ0v) is 23.8. The molecule has 0 aliphatic rings. The van der Waals surface area contributed by atoms with Gasteiger partial charge in [0.25, 0.3) is 0 Å². The van der Waals surface area contributed by atoms with Crippen molar-refractivity contribution in [3.05, 3.63) is 118 Å². The molecule has 0 N–H and O–H groups in total. The van der Waals surface area contributed by atoms with Crippen LogP contribution in [-0.2, 0) is 34.3 Å². The minimum atomic E-state index is -4.04. The molecule has 2 aromatic heterocycles. The Kier molecular flexibility index (Phi) is 8.05. The van der Waals surface area contributed by atoms with E-state index in [4.69, 9.17) is 27.9 Å². The molecule has 0 aliphatic heterocycles. The smallest absolute Gasteiger partial charge is 0.225 e. The van der Waals surface area contributed by atoms with Crippen LogP contribution < -0.4 is 0 Å². The monoisotopic (exact) mass is 579 g/mol. The molecule has 2 heterocycles. The fraction of sp³-hybridized carbons (Fsp3) is 0.200. The van der Waals surface area contributed by atoms with Gasteiger partial charge in [0.15, 0.2) is 5.03 Å². The first kappa shape index (κ1) is 27.3. The maximum absolute atomic E-state index is 13.9. The van der Waals surface area contributed by atoms with Gasteiger partial charge < -0.3 is 9.30 Å². The standard InChI is InChI=1S/C30H27Cl2N3O3S/c1-20(2)29-30(39(36,37)26-14-24(31)13-25(32)15-26)34-28(19-38-18-21-8-4-3-5-9-21)35(29)17-22-12-23-10-6-7-11-27(23)33-16-22/h3-16,20H,17-19H2,1-2H3. The van der Waals surface area contributed by atoms with E-state index in [0.29, 0.717) is 24.7 Å². The van der Waals surface area contributed by atoms with Gasteiger partial charge in [-0.05, 0) is 47.4 Å². The molecule has 9 heteroatoms. The molecule has 0 saturated heterocycles. The quantitative estimate of drug-likeness (QED) is 0.181. The Bertz CT molecular complexity index is 1720. The zero-order chi connectivity index (χ0) is 27.6. The molecule has 200 valence electrons. The van der Waals surface area contributed by atoms with Crippen molar-refractivity contribution in [3.63, 3.8) is 0 Å². The van der Waals surface area contributed by atoms with Crippen LogP contribution in [0, 0.1) is 0 Å². The lowest BCUT2D eigenvalue weighted by Gasteiger charge is -2.16. The van der Waals surface area contributed by atoms with Crippen molar-refractivity contribution in [2.75, 3.05) is 0 Å². The van der Waals surface area contributed by atoms with E-state index in [1.165, 1.54) is 18.2 Å². The molecule has 6 nitrogen and oxygen atoms in total. The van der Waals surface area contributed by atoms with Gasteiger partial charge in [-0.3, -0.25) is 4.98 Å². The lowest BCUT2D eigenvalue weighted by molar-refractivity contribution is 0.0992. The van der Waals surface area contributed by atoms with Gasteiger partial charge in [-0.1, -0.05) is 85.6 Å². The van der Waals surface area contributed by atoms with Gasteiger partial charge in [0.2, 0.25) is 9.84 Å². The van der Waals surface area contributed by atoms with Gasteiger partial charge in [-0.25, -0.2) is 13.4 Å². The van der Waals surface area contributed by atoms with Crippen molar-refractivity contribution in [2.24, 2.45) is 0 Å². The van der Waals surface area contributed by atoms with Crippen LogP contribution in [0.1, 0.15) is 42.4 Å². The van der Waals surface area contributed by atoms with Gasteiger partial charge in [-0.2, -0.15) is 0 Å². The molecule has 5 rings (SSSR count). The summed E-state index contributed by atoms with van der Waals surface area (Å²) in [7, 11) is -4.04. The average Bonchev–Trinajstić information content (AvgIpc) is 3.27. The molecule has 0 aliphatic carbocycles. The molecule has 0 amide bonds. The average molecular weight is 581 g/mol.